The molecule has 0 spiro atoms. The summed E-state index contributed by atoms with van der Waals surface area (Å²) in [7, 11) is 0. The number of ether oxygens (including phenoxy) is 1. The number of esters is 1. The number of furan rings is 1. The fraction of sp³-hybridized carbons (Fsp3) is 0.222. The van der Waals surface area contributed by atoms with E-state index in [1.165, 1.54) is 5.06 Å². The van der Waals surface area contributed by atoms with Gasteiger partial charge in [0.1, 0.15) is 5.58 Å². The van der Waals surface area contributed by atoms with Gasteiger partial charge in [0.15, 0.2) is 6.23 Å². The van der Waals surface area contributed by atoms with Crippen molar-refractivity contribution in [2.75, 3.05) is 6.54 Å². The first kappa shape index (κ1) is 15.9. The van der Waals surface area contributed by atoms with Gasteiger partial charge in [-0.3, -0.25) is 0 Å². The Balaban J connectivity index is 1.77. The molecule has 0 radical (unpaired) electrons. The smallest absolute Gasteiger partial charge is 0.350 e. The third-order valence-electron chi connectivity index (χ3n) is 4.32. The van der Waals surface area contributed by atoms with E-state index in [2.05, 4.69) is 0 Å². The van der Waals surface area contributed by atoms with E-state index in [0.29, 0.717) is 10.6 Å². The molecule has 4 rings (SSSR count). The van der Waals surface area contributed by atoms with Crippen LogP contribution in [0, 0.1) is 5.92 Å². The van der Waals surface area contributed by atoms with Gasteiger partial charge in [-0.1, -0.05) is 29.7 Å². The van der Waals surface area contributed by atoms with Crippen molar-refractivity contribution < 1.29 is 23.6 Å². The van der Waals surface area contributed by atoms with E-state index >= 15 is 0 Å². The number of rotatable bonds is 1. The quantitative estimate of drug-likeness (QED) is 0.727. The summed E-state index contributed by atoms with van der Waals surface area (Å²) in [4.78, 5) is 28.7. The molecule has 2 atom stereocenters. The Bertz CT molecular complexity index is 929. The summed E-state index contributed by atoms with van der Waals surface area (Å²) in [6.07, 6.45) is 4.90. The largest absolute Gasteiger partial charge is 0.464 e. The summed E-state index contributed by atoms with van der Waals surface area (Å²) in [5.41, 5.74) is 2.46. The molecule has 7 heteroatoms. The first-order valence-electron chi connectivity index (χ1n) is 7.77. The normalized spacial score (nSPS) is 25.4. The lowest BCUT2D eigenvalue weighted by atomic mass is 9.88. The molecule has 25 heavy (non-hydrogen) atoms. The van der Waals surface area contributed by atoms with Gasteiger partial charge in [0.25, 0.3) is 0 Å². The average molecular weight is 360 g/mol. The molecular formula is C18H14ClNO5. The van der Waals surface area contributed by atoms with Crippen LogP contribution in [0.15, 0.2) is 47.1 Å². The zero-order valence-corrected chi connectivity index (χ0v) is 14.0. The molecule has 2 aromatic rings. The van der Waals surface area contributed by atoms with E-state index in [1.54, 1.807) is 6.26 Å². The fourth-order valence-corrected chi connectivity index (χ4v) is 3.41. The van der Waals surface area contributed by atoms with Crippen LogP contribution in [0.5, 0.6) is 0 Å². The van der Waals surface area contributed by atoms with Crippen LogP contribution in [-0.4, -0.2) is 29.8 Å². The summed E-state index contributed by atoms with van der Waals surface area (Å²) in [5, 5.41) is 2.84. The van der Waals surface area contributed by atoms with E-state index in [-0.39, 0.29) is 12.5 Å². The number of halogens is 1. The highest BCUT2D eigenvalue weighted by Crippen LogP contribution is 2.38. The minimum absolute atomic E-state index is 0.260. The van der Waals surface area contributed by atoms with Crippen molar-refractivity contribution in [2.24, 2.45) is 5.92 Å². The molecule has 1 aromatic heterocycles. The van der Waals surface area contributed by atoms with E-state index in [1.807, 2.05) is 31.2 Å². The molecule has 0 saturated carbocycles. The molecule has 1 aromatic carbocycles. The van der Waals surface area contributed by atoms with Crippen molar-refractivity contribution >= 4 is 40.1 Å². The third-order valence-corrected chi connectivity index (χ3v) is 4.54. The number of nitrogens with zero attached hydrogens (tertiary/aromatic N) is 1. The Morgan fingerprint density at radius 2 is 2.00 bits per heavy atom. The molecular weight excluding hydrogens is 346 g/mol. The van der Waals surface area contributed by atoms with Crippen LogP contribution in [0.3, 0.4) is 0 Å². The van der Waals surface area contributed by atoms with Gasteiger partial charge >= 0.3 is 11.9 Å². The maximum absolute atomic E-state index is 11.8. The van der Waals surface area contributed by atoms with Crippen molar-refractivity contribution in [3.63, 3.8) is 0 Å². The summed E-state index contributed by atoms with van der Waals surface area (Å²) in [5.74, 6) is -1.46. The highest BCUT2D eigenvalue weighted by molar-refractivity contribution is 6.31. The van der Waals surface area contributed by atoms with Crippen LogP contribution in [0.25, 0.3) is 16.5 Å². The Morgan fingerprint density at radius 3 is 2.84 bits per heavy atom. The Labute approximate surface area is 148 Å². The van der Waals surface area contributed by atoms with Gasteiger partial charge < -0.3 is 14.0 Å². The summed E-state index contributed by atoms with van der Waals surface area (Å²) < 4.78 is 11.1. The first-order valence-corrected chi connectivity index (χ1v) is 8.15. The number of benzene rings is 1. The van der Waals surface area contributed by atoms with E-state index in [0.717, 1.165) is 28.7 Å². The zero-order valence-electron chi connectivity index (χ0n) is 13.3. The summed E-state index contributed by atoms with van der Waals surface area (Å²) in [6, 6.07) is 5.49. The highest BCUT2D eigenvalue weighted by atomic mass is 35.5. The second kappa shape index (κ2) is 6.06. The molecule has 0 amide bonds. The zero-order chi connectivity index (χ0) is 17.6. The van der Waals surface area contributed by atoms with Gasteiger partial charge in [0.2, 0.25) is 0 Å². The van der Waals surface area contributed by atoms with E-state index < -0.39 is 18.2 Å². The summed E-state index contributed by atoms with van der Waals surface area (Å²) in [6.45, 7) is 2.18. The van der Waals surface area contributed by atoms with Gasteiger partial charge in [-0.05, 0) is 23.8 Å². The van der Waals surface area contributed by atoms with Crippen molar-refractivity contribution in [3.8, 4) is 0 Å². The number of carbonyl (C=O) groups excluding carboxylic acids is 2. The maximum Gasteiger partial charge on any atom is 0.350 e. The van der Waals surface area contributed by atoms with Crippen LogP contribution < -0.4 is 0 Å². The van der Waals surface area contributed by atoms with Gasteiger partial charge in [-0.2, -0.15) is 0 Å². The van der Waals surface area contributed by atoms with Gasteiger partial charge in [-0.15, -0.1) is 0 Å². The SMILES string of the molecule is CC1C(c2cc(Cl)cc3ccoc23)=CCN2OC(=O)/C=C/C(=O)OC12. The molecule has 0 aliphatic carbocycles. The second-order valence-electron chi connectivity index (χ2n) is 5.91. The van der Waals surface area contributed by atoms with Gasteiger partial charge in [0, 0.05) is 34.0 Å². The minimum Gasteiger partial charge on any atom is -0.464 e. The molecule has 0 saturated heterocycles. The molecule has 2 aliphatic rings. The van der Waals surface area contributed by atoms with E-state index in [9.17, 15) is 9.59 Å². The van der Waals surface area contributed by atoms with Crippen LogP contribution in [0.4, 0.5) is 0 Å². The monoisotopic (exact) mass is 359 g/mol. The van der Waals surface area contributed by atoms with Crippen LogP contribution in [-0.2, 0) is 19.2 Å². The van der Waals surface area contributed by atoms with Crippen LogP contribution in [0.1, 0.15) is 12.5 Å². The summed E-state index contributed by atoms with van der Waals surface area (Å²) >= 11 is 6.23. The standard InChI is InChI=1S/C18H14ClNO5/c1-10-13(14-9-12(19)8-11-5-7-23-17(11)14)4-6-20-18(10)24-15(21)2-3-16(22)25-20/h2-5,7-10,18H,6H2,1H3/b3-2+. The Kier molecular flexibility index (Phi) is 3.86. The molecule has 6 nitrogen and oxygen atoms in total. The minimum atomic E-state index is -0.731. The predicted molar refractivity (Wildman–Crippen MR) is 90.2 cm³/mol. The van der Waals surface area contributed by atoms with Crippen molar-refractivity contribution in [1.29, 1.82) is 0 Å². The number of hydroxylamine groups is 2. The van der Waals surface area contributed by atoms with Gasteiger partial charge in [-0.25, -0.2) is 9.59 Å². The molecule has 128 valence electrons. The lowest BCUT2D eigenvalue weighted by molar-refractivity contribution is -0.242. The lowest BCUT2D eigenvalue weighted by Gasteiger charge is -2.37. The fourth-order valence-electron chi connectivity index (χ4n) is 3.19. The lowest BCUT2D eigenvalue weighted by Crippen LogP contribution is -2.47. The second-order valence-corrected chi connectivity index (χ2v) is 6.35. The van der Waals surface area contributed by atoms with Gasteiger partial charge in [0.05, 0.1) is 12.8 Å². The van der Waals surface area contributed by atoms with Crippen molar-refractivity contribution in [3.05, 3.63) is 53.3 Å². The highest BCUT2D eigenvalue weighted by Gasteiger charge is 2.37. The van der Waals surface area contributed by atoms with Crippen molar-refractivity contribution in [2.45, 2.75) is 13.2 Å². The molecule has 0 fully saturated rings. The molecule has 2 aliphatic heterocycles. The molecule has 0 N–H and O–H groups in total. The van der Waals surface area contributed by atoms with Crippen LogP contribution in [0.2, 0.25) is 5.02 Å². The number of fused-ring (bicyclic) bond motifs is 2. The molecule has 3 heterocycles. The average Bonchev–Trinajstić information content (AvgIpc) is 3.02. The number of carbonyl (C=O) groups is 2. The number of hydrogen-bond acceptors (Lipinski definition) is 6. The Morgan fingerprint density at radius 1 is 1.20 bits per heavy atom. The predicted octanol–water partition coefficient (Wildman–Crippen LogP) is 3.32. The first-order chi connectivity index (χ1) is 12.0. The van der Waals surface area contributed by atoms with Crippen LogP contribution >= 0.6 is 11.6 Å². The van der Waals surface area contributed by atoms with E-state index in [4.69, 9.17) is 25.6 Å². The Hall–Kier alpha value is -2.57. The maximum atomic E-state index is 11.8. The van der Waals surface area contributed by atoms with Crippen molar-refractivity contribution in [1.82, 2.24) is 5.06 Å². The topological polar surface area (TPSA) is 69.0 Å². The third kappa shape index (κ3) is 2.83. The number of hydrogen-bond donors (Lipinski definition) is 0. The molecule has 0 bridgehead atoms. The molecule has 2 unspecified atom stereocenters.